The number of urea groups is 1. The number of carbonyl (C=O) groups excluding carboxylic acids is 3. The lowest BCUT2D eigenvalue weighted by molar-refractivity contribution is -0.131. The van der Waals surface area contributed by atoms with Gasteiger partial charge >= 0.3 is 6.03 Å². The van der Waals surface area contributed by atoms with E-state index in [0.717, 1.165) is 24.2 Å². The molecule has 1 aromatic carbocycles. The average Bonchev–Trinajstić information content (AvgIpc) is 3.18. The highest BCUT2D eigenvalue weighted by Gasteiger charge is 2.52. The molecule has 0 bridgehead atoms. The van der Waals surface area contributed by atoms with Gasteiger partial charge in [0, 0.05) is 13.0 Å². The van der Waals surface area contributed by atoms with E-state index in [1.54, 1.807) is 0 Å². The van der Waals surface area contributed by atoms with Gasteiger partial charge in [-0.2, -0.15) is 0 Å². The van der Waals surface area contributed by atoms with Gasteiger partial charge in [0.2, 0.25) is 5.91 Å². The molecule has 7 heteroatoms. The van der Waals surface area contributed by atoms with Gasteiger partial charge in [-0.05, 0) is 31.9 Å². The molecule has 1 aromatic rings. The highest BCUT2D eigenvalue weighted by atomic mass is 16.5. The second-order valence-corrected chi connectivity index (χ2v) is 6.94. The van der Waals surface area contributed by atoms with E-state index in [4.69, 9.17) is 4.74 Å². The fraction of sp³-hybridized carbons (Fsp3) is 0.526. The first-order valence-corrected chi connectivity index (χ1v) is 9.10. The van der Waals surface area contributed by atoms with Crippen molar-refractivity contribution in [3.05, 3.63) is 29.8 Å². The predicted molar refractivity (Wildman–Crippen MR) is 95.7 cm³/mol. The number of ether oxygens (including phenoxy) is 1. The second-order valence-electron chi connectivity index (χ2n) is 6.94. The average molecular weight is 359 g/mol. The maximum atomic E-state index is 12.5. The smallest absolute Gasteiger partial charge is 0.325 e. The fourth-order valence-corrected chi connectivity index (χ4v) is 3.49. The first kappa shape index (κ1) is 18.2. The van der Waals surface area contributed by atoms with Crippen LogP contribution in [0.4, 0.5) is 4.79 Å². The molecule has 0 aromatic heterocycles. The molecule has 1 aliphatic carbocycles. The number of benzene rings is 1. The minimum absolute atomic E-state index is 0.0970. The largest absolute Gasteiger partial charge is 0.492 e. The normalized spacial score (nSPS) is 18.3. The lowest BCUT2D eigenvalue weighted by Gasteiger charge is -2.19. The quantitative estimate of drug-likeness (QED) is 0.573. The Bertz CT molecular complexity index is 681. The molecule has 1 aliphatic heterocycles. The molecule has 3 rings (SSSR count). The molecule has 0 atom stereocenters. The summed E-state index contributed by atoms with van der Waals surface area (Å²) in [5.74, 6) is 0.368. The Kier molecular flexibility index (Phi) is 5.44. The highest BCUT2D eigenvalue weighted by Crippen LogP contribution is 2.34. The van der Waals surface area contributed by atoms with Crippen LogP contribution in [0.1, 0.15) is 37.7 Å². The van der Waals surface area contributed by atoms with E-state index in [0.29, 0.717) is 26.0 Å². The van der Waals surface area contributed by atoms with Crippen molar-refractivity contribution in [1.82, 2.24) is 15.5 Å². The maximum absolute atomic E-state index is 12.5. The van der Waals surface area contributed by atoms with E-state index >= 15 is 0 Å². The van der Waals surface area contributed by atoms with Gasteiger partial charge in [-0.25, -0.2) is 4.79 Å². The Morgan fingerprint density at radius 1 is 1.23 bits per heavy atom. The van der Waals surface area contributed by atoms with Gasteiger partial charge in [0.25, 0.3) is 5.91 Å². The van der Waals surface area contributed by atoms with Crippen molar-refractivity contribution < 1.29 is 19.1 Å². The zero-order valence-electron chi connectivity index (χ0n) is 15.0. The molecule has 2 N–H and O–H groups in total. The van der Waals surface area contributed by atoms with Crippen molar-refractivity contribution in [2.45, 2.75) is 44.6 Å². The van der Waals surface area contributed by atoms with Gasteiger partial charge in [0.1, 0.15) is 17.9 Å². The minimum Gasteiger partial charge on any atom is -0.492 e. The van der Waals surface area contributed by atoms with E-state index in [9.17, 15) is 14.4 Å². The Labute approximate surface area is 153 Å². The molecule has 7 nitrogen and oxygen atoms in total. The molecule has 26 heavy (non-hydrogen) atoms. The Morgan fingerprint density at radius 2 is 1.92 bits per heavy atom. The van der Waals surface area contributed by atoms with Crippen molar-refractivity contribution in [3.63, 3.8) is 0 Å². The van der Waals surface area contributed by atoms with Crippen LogP contribution >= 0.6 is 0 Å². The summed E-state index contributed by atoms with van der Waals surface area (Å²) in [7, 11) is 0. The molecule has 2 fully saturated rings. The summed E-state index contributed by atoms with van der Waals surface area (Å²) in [6.07, 6.45) is 3.37. The third-order valence-corrected chi connectivity index (χ3v) is 4.98. The second kappa shape index (κ2) is 7.76. The standard InChI is InChI=1S/C19H25N3O4/c1-14-4-6-15(7-5-14)26-13-11-20-16(23)8-12-22-17(24)19(21-18(22)25)9-2-3-10-19/h4-7H,2-3,8-13H2,1H3,(H,20,23)(H,21,25). The van der Waals surface area contributed by atoms with E-state index in [1.165, 1.54) is 4.90 Å². The van der Waals surface area contributed by atoms with Crippen LogP contribution in [0.25, 0.3) is 0 Å². The summed E-state index contributed by atoms with van der Waals surface area (Å²) < 4.78 is 5.54. The number of aryl methyl sites for hydroxylation is 1. The molecule has 0 radical (unpaired) electrons. The van der Waals surface area contributed by atoms with Crippen LogP contribution in [0.15, 0.2) is 24.3 Å². The number of imide groups is 1. The molecule has 1 spiro atoms. The molecule has 140 valence electrons. The minimum atomic E-state index is -0.713. The van der Waals surface area contributed by atoms with Crippen LogP contribution in [0.2, 0.25) is 0 Å². The van der Waals surface area contributed by atoms with Crippen molar-refractivity contribution in [1.29, 1.82) is 0 Å². The van der Waals surface area contributed by atoms with E-state index in [2.05, 4.69) is 10.6 Å². The van der Waals surface area contributed by atoms with Gasteiger partial charge in [-0.3, -0.25) is 14.5 Å². The Balaban J connectivity index is 1.37. The third-order valence-electron chi connectivity index (χ3n) is 4.98. The maximum Gasteiger partial charge on any atom is 0.325 e. The summed E-state index contributed by atoms with van der Waals surface area (Å²) in [5.41, 5.74) is 0.445. The molecular formula is C19H25N3O4. The van der Waals surface area contributed by atoms with Crippen LogP contribution in [0, 0.1) is 6.92 Å². The summed E-state index contributed by atoms with van der Waals surface area (Å²) in [5, 5.41) is 5.56. The molecular weight excluding hydrogens is 334 g/mol. The van der Waals surface area contributed by atoms with E-state index < -0.39 is 5.54 Å². The number of rotatable bonds is 7. The van der Waals surface area contributed by atoms with Gasteiger partial charge in [0.15, 0.2) is 0 Å². The summed E-state index contributed by atoms with van der Waals surface area (Å²) in [6, 6.07) is 7.31. The van der Waals surface area contributed by atoms with Gasteiger partial charge in [-0.1, -0.05) is 30.5 Å². The van der Waals surface area contributed by atoms with E-state index in [1.807, 2.05) is 31.2 Å². The first-order chi connectivity index (χ1) is 12.5. The number of hydrogen-bond acceptors (Lipinski definition) is 4. The first-order valence-electron chi connectivity index (χ1n) is 9.10. The lowest BCUT2D eigenvalue weighted by atomic mass is 9.98. The summed E-state index contributed by atoms with van der Waals surface area (Å²) in [4.78, 5) is 37.6. The molecule has 0 unspecified atom stereocenters. The number of amides is 4. The van der Waals surface area contributed by atoms with Crippen molar-refractivity contribution in [2.75, 3.05) is 19.7 Å². The SMILES string of the molecule is Cc1ccc(OCCNC(=O)CCN2C(=O)NC3(CCCC3)C2=O)cc1. The van der Waals surface area contributed by atoms with Gasteiger partial charge in [-0.15, -0.1) is 0 Å². The highest BCUT2D eigenvalue weighted by molar-refractivity contribution is 6.07. The molecule has 1 heterocycles. The zero-order valence-corrected chi connectivity index (χ0v) is 15.0. The van der Waals surface area contributed by atoms with E-state index in [-0.39, 0.29) is 30.8 Å². The predicted octanol–water partition coefficient (Wildman–Crippen LogP) is 1.74. The van der Waals surface area contributed by atoms with Crippen molar-refractivity contribution in [2.24, 2.45) is 0 Å². The van der Waals surface area contributed by atoms with Gasteiger partial charge in [0.05, 0.1) is 6.54 Å². The van der Waals surface area contributed by atoms with Gasteiger partial charge < -0.3 is 15.4 Å². The number of nitrogens with one attached hydrogen (secondary N) is 2. The summed E-state index contributed by atoms with van der Waals surface area (Å²) in [6.45, 7) is 2.85. The zero-order chi connectivity index (χ0) is 18.6. The van der Waals surface area contributed by atoms with Crippen LogP contribution in [0.3, 0.4) is 0 Å². The van der Waals surface area contributed by atoms with Crippen molar-refractivity contribution >= 4 is 17.8 Å². The topological polar surface area (TPSA) is 87.7 Å². The summed E-state index contributed by atoms with van der Waals surface area (Å²) >= 11 is 0. The Hall–Kier alpha value is -2.57. The molecule has 4 amide bonds. The monoisotopic (exact) mass is 359 g/mol. The fourth-order valence-electron chi connectivity index (χ4n) is 3.49. The van der Waals surface area contributed by atoms with Crippen LogP contribution in [-0.2, 0) is 9.59 Å². The van der Waals surface area contributed by atoms with Crippen molar-refractivity contribution in [3.8, 4) is 5.75 Å². The number of hydrogen-bond donors (Lipinski definition) is 2. The number of carbonyl (C=O) groups is 3. The number of nitrogens with zero attached hydrogens (tertiary/aromatic N) is 1. The molecule has 1 saturated carbocycles. The molecule has 1 saturated heterocycles. The van der Waals surface area contributed by atoms with Crippen LogP contribution < -0.4 is 15.4 Å². The van der Waals surface area contributed by atoms with Crippen LogP contribution in [-0.4, -0.2) is 48.0 Å². The molecule has 2 aliphatic rings. The lowest BCUT2D eigenvalue weighted by Crippen LogP contribution is -2.44. The Morgan fingerprint density at radius 3 is 2.62 bits per heavy atom. The third kappa shape index (κ3) is 3.98. The van der Waals surface area contributed by atoms with Crippen LogP contribution in [0.5, 0.6) is 5.75 Å².